The minimum absolute atomic E-state index is 0.169. The van der Waals surface area contributed by atoms with Crippen LogP contribution in [-0.4, -0.2) is 19.1 Å². The molecule has 4 aromatic rings. The normalized spacial score (nSPS) is 11.2. The summed E-state index contributed by atoms with van der Waals surface area (Å²) in [5, 5.41) is 0.622. The van der Waals surface area contributed by atoms with E-state index in [2.05, 4.69) is 24.0 Å². The molecule has 27 heavy (non-hydrogen) atoms. The highest BCUT2D eigenvalue weighted by molar-refractivity contribution is 6.30. The Hall–Kier alpha value is -2.92. The summed E-state index contributed by atoms with van der Waals surface area (Å²) in [5.74, 6) is 0.677. The Labute approximate surface area is 161 Å². The van der Waals surface area contributed by atoms with Gasteiger partial charge in [-0.15, -0.1) is 0 Å². The molecule has 0 saturated heterocycles. The van der Waals surface area contributed by atoms with E-state index in [1.807, 2.05) is 35.8 Å². The Morgan fingerprint density at radius 3 is 2.59 bits per heavy atom. The van der Waals surface area contributed by atoms with E-state index >= 15 is 0 Å². The molecule has 0 bridgehead atoms. The van der Waals surface area contributed by atoms with Gasteiger partial charge in [0.15, 0.2) is 11.2 Å². The second kappa shape index (κ2) is 7.00. The molecule has 0 amide bonds. The largest absolute Gasteiger partial charge is 0.315 e. The summed E-state index contributed by atoms with van der Waals surface area (Å²) in [6.07, 6.45) is 2.21. The highest BCUT2D eigenvalue weighted by Crippen LogP contribution is 2.18. The number of hydrogen-bond donors (Lipinski definition) is 0. The average molecular weight is 379 g/mol. The summed E-state index contributed by atoms with van der Waals surface area (Å²) < 4.78 is 3.52. The third kappa shape index (κ3) is 3.26. The molecule has 0 atom stereocenters. The van der Waals surface area contributed by atoms with E-state index in [1.165, 1.54) is 5.56 Å². The Balaban J connectivity index is 1.97. The maximum Gasteiger partial charge on any atom is 0.286 e. The van der Waals surface area contributed by atoms with E-state index in [0.29, 0.717) is 35.0 Å². The number of imidazole rings is 1. The molecule has 0 saturated carbocycles. The molecular weight excluding hydrogens is 360 g/mol. The molecule has 0 fully saturated rings. The fourth-order valence-corrected chi connectivity index (χ4v) is 3.38. The molecule has 0 unspecified atom stereocenters. The first kappa shape index (κ1) is 17.5. The SMILES string of the molecule is CCn1cnc2c(=O)n(-c3ccc(Cl)cc3)c(Cc3cccc(C)c3)nc21. The van der Waals surface area contributed by atoms with Gasteiger partial charge in [-0.25, -0.2) is 9.97 Å². The summed E-state index contributed by atoms with van der Waals surface area (Å²) in [4.78, 5) is 22.4. The number of nitrogens with zero attached hydrogens (tertiary/aromatic N) is 4. The van der Waals surface area contributed by atoms with E-state index in [9.17, 15) is 4.79 Å². The second-order valence-electron chi connectivity index (χ2n) is 6.51. The lowest BCUT2D eigenvalue weighted by atomic mass is 10.1. The van der Waals surface area contributed by atoms with E-state index in [4.69, 9.17) is 16.6 Å². The molecule has 0 aliphatic heterocycles. The number of benzene rings is 2. The van der Waals surface area contributed by atoms with Crippen molar-refractivity contribution >= 4 is 22.8 Å². The molecule has 0 aliphatic rings. The van der Waals surface area contributed by atoms with Gasteiger partial charge in [-0.2, -0.15) is 0 Å². The van der Waals surface area contributed by atoms with E-state index in [1.54, 1.807) is 23.0 Å². The third-order valence-electron chi connectivity index (χ3n) is 4.58. The molecule has 4 rings (SSSR count). The molecule has 2 aromatic carbocycles. The average Bonchev–Trinajstić information content (AvgIpc) is 3.06. The fourth-order valence-electron chi connectivity index (χ4n) is 3.25. The predicted molar refractivity (Wildman–Crippen MR) is 108 cm³/mol. The molecule has 6 heteroatoms. The molecule has 0 aliphatic carbocycles. The minimum atomic E-state index is -0.169. The number of hydrogen-bond acceptors (Lipinski definition) is 3. The number of fused-ring (bicyclic) bond motifs is 1. The van der Waals surface area contributed by atoms with Crippen LogP contribution < -0.4 is 5.56 Å². The van der Waals surface area contributed by atoms with Crippen LogP contribution in [0.1, 0.15) is 23.9 Å². The smallest absolute Gasteiger partial charge is 0.286 e. The fraction of sp³-hybridized carbons (Fsp3) is 0.190. The van der Waals surface area contributed by atoms with Crippen molar-refractivity contribution in [3.05, 3.63) is 87.2 Å². The highest BCUT2D eigenvalue weighted by atomic mass is 35.5. The molecule has 0 radical (unpaired) electrons. The molecular formula is C21H19ClN4O. The summed E-state index contributed by atoms with van der Waals surface area (Å²) in [5.41, 5.74) is 3.83. The van der Waals surface area contributed by atoms with Crippen LogP contribution in [0.25, 0.3) is 16.9 Å². The van der Waals surface area contributed by atoms with Gasteiger partial charge in [-0.05, 0) is 43.7 Å². The number of aryl methyl sites for hydroxylation is 2. The van der Waals surface area contributed by atoms with Crippen molar-refractivity contribution in [3.63, 3.8) is 0 Å². The van der Waals surface area contributed by atoms with Gasteiger partial charge in [0, 0.05) is 18.0 Å². The summed E-state index contributed by atoms with van der Waals surface area (Å²) in [6, 6.07) is 15.4. The van der Waals surface area contributed by atoms with Gasteiger partial charge in [0.2, 0.25) is 0 Å². The van der Waals surface area contributed by atoms with Gasteiger partial charge >= 0.3 is 0 Å². The lowest BCUT2D eigenvalue weighted by Crippen LogP contribution is -2.24. The lowest BCUT2D eigenvalue weighted by molar-refractivity contribution is 0.765. The maximum atomic E-state index is 13.2. The highest BCUT2D eigenvalue weighted by Gasteiger charge is 2.17. The van der Waals surface area contributed by atoms with Gasteiger partial charge in [-0.1, -0.05) is 41.4 Å². The maximum absolute atomic E-state index is 13.2. The first-order valence-corrected chi connectivity index (χ1v) is 9.23. The van der Waals surface area contributed by atoms with Crippen molar-refractivity contribution in [1.82, 2.24) is 19.1 Å². The van der Waals surface area contributed by atoms with Gasteiger partial charge in [0.25, 0.3) is 5.56 Å². The molecule has 2 heterocycles. The van der Waals surface area contributed by atoms with Crippen LogP contribution in [0.5, 0.6) is 0 Å². The molecule has 2 aromatic heterocycles. The summed E-state index contributed by atoms with van der Waals surface area (Å²) >= 11 is 6.02. The Morgan fingerprint density at radius 1 is 1.11 bits per heavy atom. The van der Waals surface area contributed by atoms with Gasteiger partial charge in [-0.3, -0.25) is 9.36 Å². The van der Waals surface area contributed by atoms with Gasteiger partial charge in [0.05, 0.1) is 12.0 Å². The topological polar surface area (TPSA) is 52.7 Å². The molecule has 136 valence electrons. The number of halogens is 1. The zero-order chi connectivity index (χ0) is 19.0. The van der Waals surface area contributed by atoms with Crippen LogP contribution in [0, 0.1) is 6.92 Å². The Morgan fingerprint density at radius 2 is 1.89 bits per heavy atom. The van der Waals surface area contributed by atoms with Crippen molar-refractivity contribution < 1.29 is 0 Å². The van der Waals surface area contributed by atoms with Crippen molar-refractivity contribution in [3.8, 4) is 5.69 Å². The summed E-state index contributed by atoms with van der Waals surface area (Å²) in [7, 11) is 0. The summed E-state index contributed by atoms with van der Waals surface area (Å²) in [6.45, 7) is 4.77. The zero-order valence-electron chi connectivity index (χ0n) is 15.2. The lowest BCUT2D eigenvalue weighted by Gasteiger charge is -2.13. The quantitative estimate of drug-likeness (QED) is 0.536. The van der Waals surface area contributed by atoms with E-state index in [0.717, 1.165) is 11.3 Å². The first-order chi connectivity index (χ1) is 13.1. The van der Waals surface area contributed by atoms with Crippen LogP contribution in [0.2, 0.25) is 5.02 Å². The van der Waals surface area contributed by atoms with Gasteiger partial charge in [0.1, 0.15) is 5.82 Å². The van der Waals surface area contributed by atoms with Crippen LogP contribution in [0.3, 0.4) is 0 Å². The van der Waals surface area contributed by atoms with Crippen molar-refractivity contribution in [2.45, 2.75) is 26.8 Å². The second-order valence-corrected chi connectivity index (χ2v) is 6.95. The first-order valence-electron chi connectivity index (χ1n) is 8.85. The van der Waals surface area contributed by atoms with Crippen LogP contribution in [0.4, 0.5) is 0 Å². The van der Waals surface area contributed by atoms with Crippen LogP contribution in [0.15, 0.2) is 59.7 Å². The van der Waals surface area contributed by atoms with Crippen molar-refractivity contribution in [1.29, 1.82) is 0 Å². The monoisotopic (exact) mass is 378 g/mol. The number of rotatable bonds is 4. The Bertz CT molecular complexity index is 1180. The van der Waals surface area contributed by atoms with E-state index in [-0.39, 0.29) is 5.56 Å². The molecule has 0 N–H and O–H groups in total. The van der Waals surface area contributed by atoms with Crippen LogP contribution in [-0.2, 0) is 13.0 Å². The molecule has 0 spiro atoms. The zero-order valence-corrected chi connectivity index (χ0v) is 15.9. The van der Waals surface area contributed by atoms with E-state index < -0.39 is 0 Å². The minimum Gasteiger partial charge on any atom is -0.315 e. The van der Waals surface area contributed by atoms with Gasteiger partial charge < -0.3 is 4.57 Å². The molecule has 5 nitrogen and oxygen atoms in total. The predicted octanol–water partition coefficient (Wildman–Crippen LogP) is 4.15. The van der Waals surface area contributed by atoms with Crippen molar-refractivity contribution in [2.75, 3.05) is 0 Å². The van der Waals surface area contributed by atoms with Crippen molar-refractivity contribution in [2.24, 2.45) is 0 Å². The number of aromatic nitrogens is 4. The standard InChI is InChI=1S/C21H19ClN4O/c1-3-25-13-23-19-20(25)24-18(12-15-6-4-5-14(2)11-15)26(21(19)27)17-9-7-16(22)8-10-17/h4-11,13H,3,12H2,1-2H3. The van der Waals surface area contributed by atoms with Crippen LogP contribution >= 0.6 is 11.6 Å². The third-order valence-corrected chi connectivity index (χ3v) is 4.83. The Kier molecular flexibility index (Phi) is 4.54.